The molecule has 0 spiro atoms. The number of nitro benzene ring substituents is 1. The van der Waals surface area contributed by atoms with E-state index in [-0.39, 0.29) is 10.6 Å². The Balaban J connectivity index is 2.62. The average molecular weight is 366 g/mol. The first kappa shape index (κ1) is 19.6. The van der Waals surface area contributed by atoms with Crippen LogP contribution in [0.15, 0.2) is 18.2 Å². The van der Waals surface area contributed by atoms with Crippen molar-refractivity contribution in [3.63, 3.8) is 0 Å². The number of benzene rings is 1. The van der Waals surface area contributed by atoms with Gasteiger partial charge in [0.25, 0.3) is 5.69 Å². The van der Waals surface area contributed by atoms with Gasteiger partial charge in [-0.3, -0.25) is 19.9 Å². The number of hydrogen-bond donors (Lipinski definition) is 0. The van der Waals surface area contributed by atoms with Gasteiger partial charge in [0.15, 0.2) is 4.77 Å². The number of nitro groups is 1. The summed E-state index contributed by atoms with van der Waals surface area (Å²) in [4.78, 5) is 15.4. The summed E-state index contributed by atoms with van der Waals surface area (Å²) in [7, 11) is 0. The predicted octanol–water partition coefficient (Wildman–Crippen LogP) is 3.68. The summed E-state index contributed by atoms with van der Waals surface area (Å²) in [6, 6.07) is 5.00. The van der Waals surface area contributed by atoms with Gasteiger partial charge in [0.1, 0.15) is 0 Å². The maximum Gasteiger partial charge on any atom is 0.271 e. The molecule has 0 unspecified atom stereocenters. The van der Waals surface area contributed by atoms with Crippen LogP contribution in [0.3, 0.4) is 0 Å². The van der Waals surface area contributed by atoms with E-state index in [9.17, 15) is 10.1 Å². The molecule has 138 valence electrons. The Morgan fingerprint density at radius 3 is 1.88 bits per heavy atom. The van der Waals surface area contributed by atoms with Gasteiger partial charge < -0.3 is 9.13 Å². The zero-order valence-electron chi connectivity index (χ0n) is 15.4. The second kappa shape index (κ2) is 8.55. The number of non-ortho nitro benzene ring substituents is 1. The predicted molar refractivity (Wildman–Crippen MR) is 103 cm³/mol. The van der Waals surface area contributed by atoms with Gasteiger partial charge in [0.2, 0.25) is 0 Å². The molecule has 0 aliphatic rings. The minimum absolute atomic E-state index is 0.0933. The average Bonchev–Trinajstić information content (AvgIpc) is 2.88. The van der Waals surface area contributed by atoms with Crippen molar-refractivity contribution in [2.24, 2.45) is 0 Å². The molecule has 0 N–H and O–H groups in total. The lowest BCUT2D eigenvalue weighted by Gasteiger charge is -2.20. The standard InChI is InChI=1S/C17H27N5O2S/c1-5-18(6-2)12-20-15-10-9-14(22(23)24)11-16(15)21(17(20)25)13-19(7-3)8-4/h9-11H,5-8,12-13H2,1-4H3. The summed E-state index contributed by atoms with van der Waals surface area (Å²) < 4.78 is 4.79. The zero-order valence-corrected chi connectivity index (χ0v) is 16.3. The molecule has 2 aromatic rings. The van der Waals surface area contributed by atoms with Crippen LogP contribution in [0.2, 0.25) is 0 Å². The molecule has 8 heteroatoms. The molecule has 1 heterocycles. The van der Waals surface area contributed by atoms with Gasteiger partial charge in [-0.25, -0.2) is 0 Å². The molecule has 0 atom stereocenters. The van der Waals surface area contributed by atoms with Crippen LogP contribution < -0.4 is 0 Å². The summed E-state index contributed by atoms with van der Waals surface area (Å²) >= 11 is 5.73. The lowest BCUT2D eigenvalue weighted by Crippen LogP contribution is -2.27. The van der Waals surface area contributed by atoms with E-state index in [1.165, 1.54) is 0 Å². The van der Waals surface area contributed by atoms with Gasteiger partial charge in [-0.2, -0.15) is 0 Å². The van der Waals surface area contributed by atoms with Gasteiger partial charge in [-0.1, -0.05) is 27.7 Å². The number of fused-ring (bicyclic) bond motifs is 1. The highest BCUT2D eigenvalue weighted by atomic mass is 32.1. The maximum absolute atomic E-state index is 11.2. The fourth-order valence-corrected chi connectivity index (χ4v) is 3.25. The highest BCUT2D eigenvalue weighted by Gasteiger charge is 2.17. The normalized spacial score (nSPS) is 11.8. The minimum Gasteiger partial charge on any atom is -0.303 e. The van der Waals surface area contributed by atoms with Gasteiger partial charge in [-0.15, -0.1) is 0 Å². The molecular formula is C17H27N5O2S. The smallest absolute Gasteiger partial charge is 0.271 e. The van der Waals surface area contributed by atoms with Crippen LogP contribution in [0.4, 0.5) is 5.69 Å². The third-order valence-corrected chi connectivity index (χ3v) is 5.13. The number of nitrogens with zero attached hydrogens (tertiary/aromatic N) is 5. The van der Waals surface area contributed by atoms with E-state index in [4.69, 9.17) is 12.2 Å². The highest BCUT2D eigenvalue weighted by Crippen LogP contribution is 2.24. The van der Waals surface area contributed by atoms with E-state index in [2.05, 4.69) is 42.1 Å². The van der Waals surface area contributed by atoms with E-state index in [0.717, 1.165) is 37.2 Å². The Hall–Kier alpha value is -1.77. The SMILES string of the molecule is CCN(CC)Cn1c(=S)n(CN(CC)CC)c2cc([N+](=O)[O-])ccc21. The lowest BCUT2D eigenvalue weighted by atomic mass is 10.2. The Kier molecular flexibility index (Phi) is 6.69. The Morgan fingerprint density at radius 1 is 0.960 bits per heavy atom. The van der Waals surface area contributed by atoms with Crippen LogP contribution in [0.5, 0.6) is 0 Å². The van der Waals surface area contributed by atoms with Crippen molar-refractivity contribution in [3.05, 3.63) is 33.1 Å². The van der Waals surface area contributed by atoms with Crippen molar-refractivity contribution in [2.75, 3.05) is 26.2 Å². The monoisotopic (exact) mass is 365 g/mol. The van der Waals surface area contributed by atoms with Crippen LogP contribution in [-0.4, -0.2) is 50.0 Å². The zero-order chi connectivity index (χ0) is 18.6. The molecule has 2 rings (SSSR count). The van der Waals surface area contributed by atoms with E-state index in [1.807, 2.05) is 10.6 Å². The molecule has 0 aliphatic heterocycles. The van der Waals surface area contributed by atoms with Crippen molar-refractivity contribution >= 4 is 28.9 Å². The third-order valence-electron chi connectivity index (χ3n) is 4.68. The largest absolute Gasteiger partial charge is 0.303 e. The lowest BCUT2D eigenvalue weighted by molar-refractivity contribution is -0.384. The number of aromatic nitrogens is 2. The molecule has 0 saturated heterocycles. The van der Waals surface area contributed by atoms with E-state index >= 15 is 0 Å². The van der Waals surface area contributed by atoms with Crippen molar-refractivity contribution in [2.45, 2.75) is 41.0 Å². The van der Waals surface area contributed by atoms with Gasteiger partial charge in [0, 0.05) is 12.1 Å². The van der Waals surface area contributed by atoms with Crippen molar-refractivity contribution < 1.29 is 4.92 Å². The molecule has 25 heavy (non-hydrogen) atoms. The Morgan fingerprint density at radius 2 is 1.44 bits per heavy atom. The topological polar surface area (TPSA) is 59.5 Å². The number of imidazole rings is 1. The molecule has 0 amide bonds. The minimum atomic E-state index is -0.355. The summed E-state index contributed by atoms with van der Waals surface area (Å²) in [5.41, 5.74) is 1.85. The quantitative estimate of drug-likeness (QED) is 0.385. The molecule has 1 aromatic carbocycles. The first-order valence-corrected chi connectivity index (χ1v) is 9.19. The summed E-state index contributed by atoms with van der Waals surface area (Å²) in [5, 5.41) is 11.2. The van der Waals surface area contributed by atoms with Crippen LogP contribution in [0, 0.1) is 14.9 Å². The second-order valence-corrected chi connectivity index (χ2v) is 6.32. The molecule has 0 aliphatic carbocycles. The first-order valence-electron chi connectivity index (χ1n) is 8.78. The van der Waals surface area contributed by atoms with Gasteiger partial charge in [-0.05, 0) is 44.5 Å². The van der Waals surface area contributed by atoms with Crippen molar-refractivity contribution in [1.82, 2.24) is 18.9 Å². The highest BCUT2D eigenvalue weighted by molar-refractivity contribution is 7.71. The summed E-state index contributed by atoms with van der Waals surface area (Å²) in [6.07, 6.45) is 0. The van der Waals surface area contributed by atoms with Gasteiger partial charge in [0.05, 0.1) is 29.3 Å². The Bertz CT molecular complexity index is 790. The van der Waals surface area contributed by atoms with E-state index in [1.54, 1.807) is 12.1 Å². The van der Waals surface area contributed by atoms with Crippen LogP contribution in [0.1, 0.15) is 27.7 Å². The number of rotatable bonds is 9. The summed E-state index contributed by atoms with van der Waals surface area (Å²) in [5.74, 6) is 0. The van der Waals surface area contributed by atoms with Crippen molar-refractivity contribution in [3.8, 4) is 0 Å². The molecule has 7 nitrogen and oxygen atoms in total. The first-order chi connectivity index (χ1) is 12.0. The fraction of sp³-hybridized carbons (Fsp3) is 0.588. The molecule has 0 saturated carbocycles. The molecule has 1 aromatic heterocycles. The van der Waals surface area contributed by atoms with Crippen LogP contribution in [-0.2, 0) is 13.3 Å². The van der Waals surface area contributed by atoms with Crippen LogP contribution >= 0.6 is 12.2 Å². The third kappa shape index (κ3) is 4.08. The van der Waals surface area contributed by atoms with E-state index < -0.39 is 0 Å². The molecule has 0 bridgehead atoms. The number of hydrogen-bond acceptors (Lipinski definition) is 5. The maximum atomic E-state index is 11.2. The van der Waals surface area contributed by atoms with Crippen LogP contribution in [0.25, 0.3) is 11.0 Å². The Labute approximate surface area is 153 Å². The summed E-state index contributed by atoms with van der Waals surface area (Å²) in [6.45, 7) is 13.4. The second-order valence-electron chi connectivity index (χ2n) is 5.96. The molecular weight excluding hydrogens is 338 g/mol. The molecule has 0 fully saturated rings. The van der Waals surface area contributed by atoms with E-state index in [0.29, 0.717) is 18.1 Å². The van der Waals surface area contributed by atoms with Crippen molar-refractivity contribution in [1.29, 1.82) is 0 Å². The fourth-order valence-electron chi connectivity index (χ4n) is 2.94. The van der Waals surface area contributed by atoms with Gasteiger partial charge >= 0.3 is 0 Å². The molecule has 0 radical (unpaired) electrons.